The Bertz CT molecular complexity index is 2410. The van der Waals surface area contributed by atoms with Gasteiger partial charge in [-0.15, -0.1) is 0 Å². The molecule has 4 heterocycles. The molecule has 0 atom stereocenters. The summed E-state index contributed by atoms with van der Waals surface area (Å²) in [6.07, 6.45) is 12.7. The van der Waals surface area contributed by atoms with Gasteiger partial charge in [-0.2, -0.15) is 9.13 Å². The van der Waals surface area contributed by atoms with Gasteiger partial charge >= 0.3 is 0 Å². The number of thioether (sulfide) groups is 2. The van der Waals surface area contributed by atoms with Crippen molar-refractivity contribution in [3.8, 4) is 0 Å². The van der Waals surface area contributed by atoms with Gasteiger partial charge in [0.2, 0.25) is 11.0 Å². The van der Waals surface area contributed by atoms with Crippen LogP contribution in [0.4, 0.5) is 11.4 Å². The molecule has 8 heteroatoms. The number of aromatic nitrogens is 2. The van der Waals surface area contributed by atoms with E-state index < -0.39 is 0 Å². The average Bonchev–Trinajstić information content (AvgIpc) is 3.75. The topological polar surface area (TPSA) is 23.0 Å². The van der Waals surface area contributed by atoms with Crippen LogP contribution in [0.25, 0.3) is 34.0 Å². The summed E-state index contributed by atoms with van der Waals surface area (Å²) < 4.78 is 7.00. The maximum absolute atomic E-state index is 3.59. The van der Waals surface area contributed by atoms with E-state index in [1.165, 1.54) is 90.2 Å². The first-order valence-corrected chi connectivity index (χ1v) is 21.7. The van der Waals surface area contributed by atoms with E-state index >= 15 is 0 Å². The molecule has 0 fully saturated rings. The highest BCUT2D eigenvalue weighted by molar-refractivity contribution is 8.04. The Labute approximate surface area is 341 Å². The van der Waals surface area contributed by atoms with Crippen LogP contribution in [0.2, 0.25) is 0 Å². The number of rotatable bonds is 14. The summed E-state index contributed by atoms with van der Waals surface area (Å²) >= 11 is 3.66. The molecule has 286 valence electrons. The maximum atomic E-state index is 3.59. The van der Waals surface area contributed by atoms with Crippen molar-refractivity contribution in [2.24, 2.45) is 0 Å². The molecule has 0 bridgehead atoms. The van der Waals surface area contributed by atoms with Crippen LogP contribution >= 0.6 is 23.5 Å². The molecule has 2 aliphatic heterocycles. The first kappa shape index (κ1) is 38.3. The predicted molar refractivity (Wildman–Crippen MR) is 238 cm³/mol. The molecule has 8 rings (SSSR count). The molecular formula is C48H56N6S2+4. The number of benzene rings is 4. The van der Waals surface area contributed by atoms with E-state index in [4.69, 9.17) is 0 Å². The summed E-state index contributed by atoms with van der Waals surface area (Å²) in [5, 5.41) is 8.64. The molecular weight excluding hydrogens is 725 g/mol. The minimum atomic E-state index is 1.02. The molecule has 1 N–H and O–H groups in total. The van der Waals surface area contributed by atoms with E-state index in [2.05, 4.69) is 188 Å². The Morgan fingerprint density at radius 3 is 1.70 bits per heavy atom. The molecule has 0 unspecified atom stereocenters. The molecule has 4 aromatic carbocycles. The number of anilines is 2. The number of pyridine rings is 2. The molecule has 0 saturated carbocycles. The summed E-state index contributed by atoms with van der Waals surface area (Å²) in [5.74, 6) is 0. The van der Waals surface area contributed by atoms with E-state index in [1.54, 1.807) is 0 Å². The largest absolute Gasteiger partial charge is 0.349 e. The van der Waals surface area contributed by atoms with E-state index in [0.29, 0.717) is 0 Å². The van der Waals surface area contributed by atoms with Gasteiger partial charge in [-0.25, -0.2) is 0 Å². The van der Waals surface area contributed by atoms with Gasteiger partial charge in [-0.05, 0) is 59.7 Å². The van der Waals surface area contributed by atoms with Gasteiger partial charge in [-0.3, -0.25) is 0 Å². The van der Waals surface area contributed by atoms with Crippen LogP contribution in [-0.2, 0) is 13.1 Å². The smallest absolute Gasteiger partial charge is 0.213 e. The number of nitrogens with zero attached hydrogens (tertiary/aromatic N) is 5. The zero-order chi connectivity index (χ0) is 38.7. The predicted octanol–water partition coefficient (Wildman–Crippen LogP) is 9.65. The fraction of sp³-hybridized carbons (Fsp3) is 0.292. The third kappa shape index (κ3) is 8.69. The van der Waals surface area contributed by atoms with Crippen molar-refractivity contribution < 1.29 is 18.1 Å². The molecule has 56 heavy (non-hydrogen) atoms. The lowest BCUT2D eigenvalue weighted by Gasteiger charge is -2.33. The van der Waals surface area contributed by atoms with Crippen LogP contribution in [0.3, 0.4) is 0 Å². The number of hydrogen-bond acceptors (Lipinski definition) is 4. The zero-order valence-electron chi connectivity index (χ0n) is 33.6. The average molecular weight is 781 g/mol. The normalized spacial score (nSPS) is 15.6. The fourth-order valence-electron chi connectivity index (χ4n) is 8.27. The van der Waals surface area contributed by atoms with Crippen LogP contribution in [0.1, 0.15) is 30.4 Å². The SMILES string of the molecule is CN1C(=Cc2cc[n+](CCC[N+](C)(C)CCC[N+](C)(C)CCC[n+]3ccc(C=C4Nc5ccccc5S4)c4ccccc43)c3ccccc23)Sc2ccccc21. The Morgan fingerprint density at radius 2 is 1.09 bits per heavy atom. The minimum absolute atomic E-state index is 1.02. The summed E-state index contributed by atoms with van der Waals surface area (Å²) in [5.41, 5.74) is 7.62. The molecule has 0 amide bonds. The number of aryl methyl sites for hydroxylation is 2. The number of fused-ring (bicyclic) bond motifs is 4. The second-order valence-corrected chi connectivity index (χ2v) is 18.8. The van der Waals surface area contributed by atoms with Crippen LogP contribution in [0.5, 0.6) is 0 Å². The maximum Gasteiger partial charge on any atom is 0.213 e. The second kappa shape index (κ2) is 16.5. The van der Waals surface area contributed by atoms with Gasteiger partial charge in [0.05, 0.1) is 99.4 Å². The molecule has 0 aliphatic carbocycles. The highest BCUT2D eigenvalue weighted by Gasteiger charge is 2.24. The van der Waals surface area contributed by atoms with E-state index in [0.717, 1.165) is 41.4 Å². The second-order valence-electron chi connectivity index (χ2n) is 16.6. The van der Waals surface area contributed by atoms with Crippen molar-refractivity contribution in [3.05, 3.63) is 143 Å². The molecule has 0 radical (unpaired) electrons. The molecule has 6 nitrogen and oxygen atoms in total. The third-order valence-corrected chi connectivity index (χ3v) is 13.7. The zero-order valence-corrected chi connectivity index (χ0v) is 35.3. The first-order chi connectivity index (χ1) is 27.1. The van der Waals surface area contributed by atoms with Crippen molar-refractivity contribution in [1.29, 1.82) is 0 Å². The van der Waals surface area contributed by atoms with E-state index in [9.17, 15) is 0 Å². The van der Waals surface area contributed by atoms with E-state index in [1.807, 2.05) is 23.5 Å². The van der Waals surface area contributed by atoms with Crippen molar-refractivity contribution >= 4 is 68.9 Å². The standard InChI is InChI=1S/C48H55N6S2/c1-50-44-22-11-13-24-46(44)56-48(50)36-38-26-30-52(43-21-10-7-18-40(38)43)28-15-32-54(4,5)34-16-33-53(2,3)31-14-27-51-29-25-37(39-17-6-9-20-42(39)51)35-47-49-41-19-8-12-23-45(41)55-47/h6-13,17-26,29-30,35-36H,14-16,27-28,31-34H2,1-5H3/q+3/p+1. The summed E-state index contributed by atoms with van der Waals surface area (Å²) in [6, 6.07) is 39.5. The highest BCUT2D eigenvalue weighted by Crippen LogP contribution is 2.46. The van der Waals surface area contributed by atoms with Gasteiger partial charge in [0, 0.05) is 47.5 Å². The van der Waals surface area contributed by atoms with E-state index in [-0.39, 0.29) is 0 Å². The van der Waals surface area contributed by atoms with Gasteiger partial charge in [0.1, 0.15) is 0 Å². The Hall–Kier alpha value is -4.60. The molecule has 6 aromatic rings. The lowest BCUT2D eigenvalue weighted by molar-refractivity contribution is -0.911. The highest BCUT2D eigenvalue weighted by atomic mass is 32.2. The molecule has 2 aliphatic rings. The van der Waals surface area contributed by atoms with Crippen molar-refractivity contribution in [3.63, 3.8) is 0 Å². The van der Waals surface area contributed by atoms with Gasteiger partial charge in [-0.1, -0.05) is 72.1 Å². The number of quaternary nitrogens is 2. The number of nitrogens with one attached hydrogen (secondary N) is 1. The summed E-state index contributed by atoms with van der Waals surface area (Å²) in [7, 11) is 11.8. The monoisotopic (exact) mass is 780 g/mol. The van der Waals surface area contributed by atoms with Gasteiger partial charge < -0.3 is 19.2 Å². The van der Waals surface area contributed by atoms with Crippen LogP contribution in [0.15, 0.2) is 141 Å². The van der Waals surface area contributed by atoms with Crippen LogP contribution in [-0.4, -0.2) is 70.4 Å². The molecule has 0 saturated heterocycles. The van der Waals surface area contributed by atoms with Gasteiger partial charge in [0.25, 0.3) is 0 Å². The fourth-order valence-corrected chi connectivity index (χ4v) is 10.3. The number of para-hydroxylation sites is 4. The molecule has 0 spiro atoms. The Kier molecular flexibility index (Phi) is 11.3. The summed E-state index contributed by atoms with van der Waals surface area (Å²) in [4.78, 5) is 4.92. The Balaban J connectivity index is 0.818. The van der Waals surface area contributed by atoms with Crippen molar-refractivity contribution in [1.82, 2.24) is 0 Å². The van der Waals surface area contributed by atoms with Crippen LogP contribution in [0, 0.1) is 0 Å². The molecule has 2 aromatic heterocycles. The first-order valence-electron chi connectivity index (χ1n) is 20.1. The minimum Gasteiger partial charge on any atom is -0.349 e. The third-order valence-electron chi connectivity index (χ3n) is 11.5. The number of hydrogen-bond donors (Lipinski definition) is 1. The Morgan fingerprint density at radius 1 is 0.571 bits per heavy atom. The van der Waals surface area contributed by atoms with Crippen molar-refractivity contribution in [2.45, 2.75) is 42.1 Å². The van der Waals surface area contributed by atoms with Gasteiger partial charge in [0.15, 0.2) is 25.5 Å². The van der Waals surface area contributed by atoms with Crippen LogP contribution < -0.4 is 19.4 Å². The quantitative estimate of drug-likeness (QED) is 0.0879. The summed E-state index contributed by atoms with van der Waals surface area (Å²) in [6.45, 7) is 6.77. The lowest BCUT2D eigenvalue weighted by atomic mass is 10.1. The van der Waals surface area contributed by atoms with Crippen molar-refractivity contribution in [2.75, 3.05) is 71.6 Å². The lowest BCUT2D eigenvalue weighted by Crippen LogP contribution is -2.47.